The fourth-order valence-electron chi connectivity index (χ4n) is 3.12. The maximum absolute atomic E-state index is 12.3. The van der Waals surface area contributed by atoms with Gasteiger partial charge < -0.3 is 9.84 Å². The van der Waals surface area contributed by atoms with E-state index in [2.05, 4.69) is 10.3 Å². The Bertz CT molecular complexity index is 1190. The quantitative estimate of drug-likeness (QED) is 0.400. The highest BCUT2D eigenvalue weighted by molar-refractivity contribution is 6.06. The van der Waals surface area contributed by atoms with Gasteiger partial charge in [0.2, 0.25) is 0 Å². The van der Waals surface area contributed by atoms with Gasteiger partial charge in [0.05, 0.1) is 19.2 Å². The van der Waals surface area contributed by atoms with Gasteiger partial charge in [-0.2, -0.15) is 0 Å². The minimum absolute atomic E-state index is 0.131. The van der Waals surface area contributed by atoms with E-state index in [0.717, 1.165) is 27.9 Å². The minimum atomic E-state index is -0.135. The van der Waals surface area contributed by atoms with Gasteiger partial charge in [-0.25, -0.2) is 4.68 Å². The lowest BCUT2D eigenvalue weighted by Gasteiger charge is -2.10. The number of fused-ring (bicyclic) bond motifs is 1. The number of carbonyl (C=O) groups excluding carboxylic acids is 1. The molecule has 144 valence electrons. The van der Waals surface area contributed by atoms with E-state index in [-0.39, 0.29) is 11.5 Å². The maximum Gasteiger partial charge on any atom is 0.185 e. The van der Waals surface area contributed by atoms with Gasteiger partial charge >= 0.3 is 0 Å². The fourth-order valence-corrected chi connectivity index (χ4v) is 3.12. The van der Waals surface area contributed by atoms with Gasteiger partial charge in [0, 0.05) is 11.1 Å². The summed E-state index contributed by atoms with van der Waals surface area (Å²) in [5.74, 6) is 0.738. The molecule has 6 heteroatoms. The van der Waals surface area contributed by atoms with Crippen LogP contribution in [0.1, 0.15) is 21.5 Å². The third kappa shape index (κ3) is 4.01. The molecule has 4 rings (SSSR count). The number of ketones is 1. The highest BCUT2D eigenvalue weighted by atomic mass is 16.5. The van der Waals surface area contributed by atoms with Crippen LogP contribution in [-0.2, 0) is 6.54 Å². The predicted molar refractivity (Wildman–Crippen MR) is 111 cm³/mol. The summed E-state index contributed by atoms with van der Waals surface area (Å²) in [5, 5.41) is 17.8. The molecule has 0 unspecified atom stereocenters. The molecule has 0 fully saturated rings. The molecule has 0 radical (unpaired) electrons. The number of aromatic hydroxyl groups is 1. The third-order valence-corrected chi connectivity index (χ3v) is 4.62. The van der Waals surface area contributed by atoms with Gasteiger partial charge in [-0.05, 0) is 60.2 Å². The van der Waals surface area contributed by atoms with Crippen molar-refractivity contribution in [2.45, 2.75) is 6.54 Å². The molecule has 6 nitrogen and oxygen atoms in total. The Morgan fingerprint density at radius 1 is 1.10 bits per heavy atom. The monoisotopic (exact) mass is 385 g/mol. The molecule has 0 amide bonds. The van der Waals surface area contributed by atoms with E-state index in [4.69, 9.17) is 4.74 Å². The maximum atomic E-state index is 12.3. The zero-order chi connectivity index (χ0) is 20.2. The van der Waals surface area contributed by atoms with Crippen LogP contribution < -0.4 is 4.74 Å². The van der Waals surface area contributed by atoms with E-state index in [0.29, 0.717) is 12.1 Å². The first-order chi connectivity index (χ1) is 14.1. The lowest BCUT2D eigenvalue weighted by atomic mass is 10.1. The summed E-state index contributed by atoms with van der Waals surface area (Å²) in [4.78, 5) is 12.3. The SMILES string of the molecule is COc1ccc(C=CC(=O)c2ccc(O)cc2)cc1Cn1nnc2ccccc21. The second kappa shape index (κ2) is 7.98. The van der Waals surface area contributed by atoms with Gasteiger partial charge in [-0.3, -0.25) is 4.79 Å². The number of phenolic OH excluding ortho intramolecular Hbond substituents is 1. The van der Waals surface area contributed by atoms with Crippen molar-refractivity contribution in [3.63, 3.8) is 0 Å². The lowest BCUT2D eigenvalue weighted by molar-refractivity contribution is 0.104. The number of hydrogen-bond donors (Lipinski definition) is 1. The topological polar surface area (TPSA) is 77.2 Å². The van der Waals surface area contributed by atoms with Crippen LogP contribution in [0.3, 0.4) is 0 Å². The van der Waals surface area contributed by atoms with Crippen molar-refractivity contribution in [2.75, 3.05) is 7.11 Å². The summed E-state index contributed by atoms with van der Waals surface area (Å²) in [5.41, 5.74) is 4.10. The second-order valence-electron chi connectivity index (χ2n) is 6.55. The molecule has 0 aliphatic carbocycles. The van der Waals surface area contributed by atoms with E-state index >= 15 is 0 Å². The normalized spacial score (nSPS) is 11.2. The molecule has 0 spiro atoms. The van der Waals surface area contributed by atoms with E-state index in [1.807, 2.05) is 47.1 Å². The summed E-state index contributed by atoms with van der Waals surface area (Å²) < 4.78 is 7.31. The van der Waals surface area contributed by atoms with Crippen LogP contribution in [0.25, 0.3) is 17.1 Å². The molecule has 0 atom stereocenters. The lowest BCUT2D eigenvalue weighted by Crippen LogP contribution is -2.04. The average molecular weight is 385 g/mol. The van der Waals surface area contributed by atoms with Gasteiger partial charge in [0.25, 0.3) is 0 Å². The van der Waals surface area contributed by atoms with Crippen LogP contribution >= 0.6 is 0 Å². The Morgan fingerprint density at radius 3 is 2.69 bits per heavy atom. The number of rotatable bonds is 6. The first kappa shape index (κ1) is 18.4. The Kier molecular flexibility index (Phi) is 5.07. The van der Waals surface area contributed by atoms with Crippen molar-refractivity contribution in [3.8, 4) is 11.5 Å². The molecule has 3 aromatic carbocycles. The van der Waals surface area contributed by atoms with Crippen LogP contribution in [0.5, 0.6) is 11.5 Å². The van der Waals surface area contributed by atoms with Crippen molar-refractivity contribution in [1.29, 1.82) is 0 Å². The number of ether oxygens (including phenoxy) is 1. The summed E-state index contributed by atoms with van der Waals surface area (Å²) in [6, 6.07) is 19.7. The number of para-hydroxylation sites is 1. The smallest absolute Gasteiger partial charge is 0.185 e. The summed E-state index contributed by atoms with van der Waals surface area (Å²) in [7, 11) is 1.63. The minimum Gasteiger partial charge on any atom is -0.508 e. The van der Waals surface area contributed by atoms with Crippen molar-refractivity contribution in [1.82, 2.24) is 15.0 Å². The van der Waals surface area contributed by atoms with Gasteiger partial charge in [0.15, 0.2) is 5.78 Å². The van der Waals surface area contributed by atoms with Crippen molar-refractivity contribution < 1.29 is 14.6 Å². The number of nitrogens with zero attached hydrogens (tertiary/aromatic N) is 3. The van der Waals surface area contributed by atoms with Crippen LogP contribution in [-0.4, -0.2) is 33.0 Å². The summed E-state index contributed by atoms with van der Waals surface area (Å²) in [6.07, 6.45) is 3.28. The first-order valence-electron chi connectivity index (χ1n) is 9.10. The molecule has 0 bridgehead atoms. The Labute approximate surface area is 167 Å². The molecular formula is C23H19N3O3. The Balaban J connectivity index is 1.59. The average Bonchev–Trinajstić information content (AvgIpc) is 3.15. The summed E-state index contributed by atoms with van der Waals surface area (Å²) >= 11 is 0. The highest BCUT2D eigenvalue weighted by Crippen LogP contribution is 2.23. The van der Waals surface area contributed by atoms with E-state index < -0.39 is 0 Å². The zero-order valence-electron chi connectivity index (χ0n) is 15.8. The number of phenols is 1. The molecule has 29 heavy (non-hydrogen) atoms. The number of carbonyl (C=O) groups is 1. The third-order valence-electron chi connectivity index (χ3n) is 4.62. The number of methoxy groups -OCH3 is 1. The highest BCUT2D eigenvalue weighted by Gasteiger charge is 2.09. The van der Waals surface area contributed by atoms with E-state index in [9.17, 15) is 9.90 Å². The Morgan fingerprint density at radius 2 is 1.90 bits per heavy atom. The molecule has 1 aromatic heterocycles. The molecule has 0 saturated heterocycles. The van der Waals surface area contributed by atoms with E-state index in [1.165, 1.54) is 18.2 Å². The molecular weight excluding hydrogens is 366 g/mol. The van der Waals surface area contributed by atoms with Gasteiger partial charge in [-0.15, -0.1) is 5.10 Å². The molecule has 0 aliphatic rings. The Hall–Kier alpha value is -3.93. The first-order valence-corrected chi connectivity index (χ1v) is 9.10. The molecule has 0 aliphatic heterocycles. The van der Waals surface area contributed by atoms with Crippen LogP contribution in [0.15, 0.2) is 72.8 Å². The number of aromatic nitrogens is 3. The van der Waals surface area contributed by atoms with Crippen LogP contribution in [0.4, 0.5) is 0 Å². The second-order valence-corrected chi connectivity index (χ2v) is 6.55. The summed E-state index contributed by atoms with van der Waals surface area (Å²) in [6.45, 7) is 0.497. The van der Waals surface area contributed by atoms with Crippen LogP contribution in [0, 0.1) is 0 Å². The number of allylic oxidation sites excluding steroid dienone is 1. The van der Waals surface area contributed by atoms with Gasteiger partial charge in [-0.1, -0.05) is 29.5 Å². The predicted octanol–water partition coefficient (Wildman–Crippen LogP) is 4.09. The number of benzene rings is 3. The molecule has 0 saturated carbocycles. The fraction of sp³-hybridized carbons (Fsp3) is 0.0870. The molecule has 1 N–H and O–H groups in total. The largest absolute Gasteiger partial charge is 0.508 e. The van der Waals surface area contributed by atoms with Crippen molar-refractivity contribution >= 4 is 22.9 Å². The zero-order valence-corrected chi connectivity index (χ0v) is 15.8. The molecule has 4 aromatic rings. The standard InChI is InChI=1S/C23H19N3O3/c1-29-23-13-7-16(6-12-22(28)17-8-10-19(27)11-9-17)14-18(23)15-26-21-5-3-2-4-20(21)24-25-26/h2-14,27H,15H2,1H3. The number of hydrogen-bond acceptors (Lipinski definition) is 5. The van der Waals surface area contributed by atoms with E-state index in [1.54, 1.807) is 25.3 Å². The van der Waals surface area contributed by atoms with Crippen molar-refractivity contribution in [3.05, 3.63) is 89.5 Å². The van der Waals surface area contributed by atoms with Crippen molar-refractivity contribution in [2.24, 2.45) is 0 Å². The molecule has 1 heterocycles. The van der Waals surface area contributed by atoms with Gasteiger partial charge in [0.1, 0.15) is 17.0 Å². The van der Waals surface area contributed by atoms with Crippen LogP contribution in [0.2, 0.25) is 0 Å².